The largest absolute Gasteiger partial charge is 0.417 e. The number of nitrogens with one attached hydrogen (secondary N) is 1. The Hall–Kier alpha value is -3.37. The van der Waals surface area contributed by atoms with E-state index in [0.717, 1.165) is 18.2 Å². The molecule has 11 heteroatoms. The Kier molecular flexibility index (Phi) is 5.67. The van der Waals surface area contributed by atoms with Crippen LogP contribution in [0.25, 0.3) is 11.0 Å². The minimum absolute atomic E-state index is 0.0812. The second-order valence-electron chi connectivity index (χ2n) is 7.88. The fraction of sp³-hybridized carbons (Fsp3) is 0.318. The van der Waals surface area contributed by atoms with E-state index in [0.29, 0.717) is 17.8 Å². The first-order valence-corrected chi connectivity index (χ1v) is 9.99. The molecule has 1 N–H and O–H groups in total. The molecule has 5 nitrogen and oxygen atoms in total. The lowest BCUT2D eigenvalue weighted by Gasteiger charge is -2.20. The molecule has 0 saturated carbocycles. The summed E-state index contributed by atoms with van der Waals surface area (Å²) < 4.78 is 78.6. The highest BCUT2D eigenvalue weighted by Crippen LogP contribution is 2.34. The normalized spacial score (nSPS) is 16.9. The average molecular weight is 468 g/mol. The zero-order valence-electron chi connectivity index (χ0n) is 17.3. The van der Waals surface area contributed by atoms with E-state index in [1.54, 1.807) is 6.92 Å². The van der Waals surface area contributed by atoms with E-state index in [-0.39, 0.29) is 30.2 Å². The van der Waals surface area contributed by atoms with Gasteiger partial charge in [-0.05, 0) is 43.7 Å². The number of benzene rings is 2. The lowest BCUT2D eigenvalue weighted by atomic mass is 10.0. The molecule has 0 spiro atoms. The SMILES string of the molecule is Cc1ccc(C(F)(F)F)c(C(=O)N2CC[C@@H](Nc3cnc4cc(C(F)(F)F)ccc4n3)C2)c1. The van der Waals surface area contributed by atoms with E-state index in [4.69, 9.17) is 0 Å². The summed E-state index contributed by atoms with van der Waals surface area (Å²) in [4.78, 5) is 22.4. The van der Waals surface area contributed by atoms with Crippen molar-refractivity contribution in [2.24, 2.45) is 0 Å². The fourth-order valence-corrected chi connectivity index (χ4v) is 3.78. The molecule has 0 unspecified atom stereocenters. The van der Waals surface area contributed by atoms with Crippen molar-refractivity contribution in [2.45, 2.75) is 31.7 Å². The number of halogens is 6. The summed E-state index contributed by atoms with van der Waals surface area (Å²) in [6.07, 6.45) is -7.39. The number of aromatic nitrogens is 2. The number of anilines is 1. The molecule has 4 rings (SSSR count). The molecular formula is C22H18F6N4O. The Labute approximate surface area is 184 Å². The number of carbonyl (C=O) groups excluding carboxylic acids is 1. The molecule has 1 aromatic heterocycles. The van der Waals surface area contributed by atoms with Gasteiger partial charge >= 0.3 is 12.4 Å². The van der Waals surface area contributed by atoms with Gasteiger partial charge in [-0.3, -0.25) is 9.78 Å². The fourth-order valence-electron chi connectivity index (χ4n) is 3.78. The monoisotopic (exact) mass is 468 g/mol. The second kappa shape index (κ2) is 8.20. The predicted molar refractivity (Wildman–Crippen MR) is 109 cm³/mol. The van der Waals surface area contributed by atoms with Gasteiger partial charge in [-0.1, -0.05) is 11.6 Å². The average Bonchev–Trinajstić information content (AvgIpc) is 3.19. The molecule has 1 aliphatic rings. The van der Waals surface area contributed by atoms with E-state index in [9.17, 15) is 31.1 Å². The number of aryl methyl sites for hydroxylation is 1. The van der Waals surface area contributed by atoms with Crippen molar-refractivity contribution in [1.29, 1.82) is 0 Å². The summed E-state index contributed by atoms with van der Waals surface area (Å²) in [6.45, 7) is 2.01. The maximum Gasteiger partial charge on any atom is 0.417 e. The number of hydrogen-bond acceptors (Lipinski definition) is 4. The molecule has 174 valence electrons. The van der Waals surface area contributed by atoms with Crippen LogP contribution in [0.2, 0.25) is 0 Å². The molecule has 1 atom stereocenters. The Balaban J connectivity index is 1.48. The zero-order chi connectivity index (χ0) is 24.0. The van der Waals surface area contributed by atoms with Gasteiger partial charge in [0.05, 0.1) is 33.9 Å². The maximum absolute atomic E-state index is 13.3. The summed E-state index contributed by atoms with van der Waals surface area (Å²) in [5.41, 5.74) is -1.32. The van der Waals surface area contributed by atoms with Gasteiger partial charge in [-0.25, -0.2) is 4.98 Å². The molecular weight excluding hydrogens is 450 g/mol. The van der Waals surface area contributed by atoms with Crippen LogP contribution in [-0.2, 0) is 12.4 Å². The predicted octanol–water partition coefficient (Wildman–Crippen LogP) is 5.30. The van der Waals surface area contributed by atoms with Crippen molar-refractivity contribution < 1.29 is 31.1 Å². The van der Waals surface area contributed by atoms with E-state index >= 15 is 0 Å². The number of likely N-dealkylation sites (tertiary alicyclic amines) is 1. The molecule has 1 saturated heterocycles. The Bertz CT molecular complexity index is 1210. The molecule has 2 aromatic carbocycles. The zero-order valence-corrected chi connectivity index (χ0v) is 17.3. The van der Waals surface area contributed by atoms with Gasteiger partial charge in [0.15, 0.2) is 0 Å². The lowest BCUT2D eigenvalue weighted by Crippen LogP contribution is -2.33. The molecule has 1 fully saturated rings. The third-order valence-corrected chi connectivity index (χ3v) is 5.41. The number of fused-ring (bicyclic) bond motifs is 1. The first kappa shape index (κ1) is 22.8. The topological polar surface area (TPSA) is 58.1 Å². The molecule has 33 heavy (non-hydrogen) atoms. The summed E-state index contributed by atoms with van der Waals surface area (Å²) in [6, 6.07) is 6.19. The summed E-state index contributed by atoms with van der Waals surface area (Å²) in [5, 5.41) is 3.06. The molecule has 1 amide bonds. The van der Waals surface area contributed by atoms with Crippen LogP contribution in [0.3, 0.4) is 0 Å². The Morgan fingerprint density at radius 2 is 1.79 bits per heavy atom. The van der Waals surface area contributed by atoms with E-state index in [2.05, 4.69) is 15.3 Å². The van der Waals surface area contributed by atoms with Crippen LogP contribution in [-0.4, -0.2) is 39.9 Å². The van der Waals surface area contributed by atoms with Crippen LogP contribution in [0.4, 0.5) is 32.2 Å². The highest BCUT2D eigenvalue weighted by Gasteiger charge is 2.37. The Morgan fingerprint density at radius 1 is 1.03 bits per heavy atom. The summed E-state index contributed by atoms with van der Waals surface area (Å²) >= 11 is 0. The van der Waals surface area contributed by atoms with Crippen molar-refractivity contribution in [3.05, 3.63) is 64.8 Å². The molecule has 0 aliphatic carbocycles. The first-order valence-electron chi connectivity index (χ1n) is 9.99. The van der Waals surface area contributed by atoms with Crippen LogP contribution in [0.15, 0.2) is 42.6 Å². The van der Waals surface area contributed by atoms with E-state index in [1.165, 1.54) is 29.3 Å². The number of nitrogens with zero attached hydrogens (tertiary/aromatic N) is 3. The van der Waals surface area contributed by atoms with Gasteiger partial charge in [-0.15, -0.1) is 0 Å². The van der Waals surface area contributed by atoms with Crippen LogP contribution in [0.1, 0.15) is 33.5 Å². The van der Waals surface area contributed by atoms with Gasteiger partial charge in [0.1, 0.15) is 5.82 Å². The highest BCUT2D eigenvalue weighted by molar-refractivity contribution is 5.96. The van der Waals surface area contributed by atoms with Crippen LogP contribution in [0.5, 0.6) is 0 Å². The molecule has 2 heterocycles. The van der Waals surface area contributed by atoms with Gasteiger partial charge in [0.25, 0.3) is 5.91 Å². The lowest BCUT2D eigenvalue weighted by molar-refractivity contribution is -0.138. The second-order valence-corrected chi connectivity index (χ2v) is 7.88. The van der Waals surface area contributed by atoms with Gasteiger partial charge in [-0.2, -0.15) is 26.3 Å². The Morgan fingerprint density at radius 3 is 2.48 bits per heavy atom. The van der Waals surface area contributed by atoms with Crippen molar-refractivity contribution in [1.82, 2.24) is 14.9 Å². The van der Waals surface area contributed by atoms with Gasteiger partial charge in [0, 0.05) is 19.1 Å². The van der Waals surface area contributed by atoms with Crippen molar-refractivity contribution in [3.8, 4) is 0 Å². The van der Waals surface area contributed by atoms with Crippen LogP contribution >= 0.6 is 0 Å². The molecule has 0 bridgehead atoms. The number of amides is 1. The van der Waals surface area contributed by atoms with E-state index in [1.807, 2.05) is 0 Å². The summed E-state index contributed by atoms with van der Waals surface area (Å²) in [7, 11) is 0. The van der Waals surface area contributed by atoms with Crippen molar-refractivity contribution in [2.75, 3.05) is 18.4 Å². The van der Waals surface area contributed by atoms with Crippen LogP contribution in [0, 0.1) is 6.92 Å². The quantitative estimate of drug-likeness (QED) is 0.530. The van der Waals surface area contributed by atoms with E-state index < -0.39 is 35.0 Å². The van der Waals surface area contributed by atoms with Gasteiger partial charge < -0.3 is 10.2 Å². The van der Waals surface area contributed by atoms with Crippen molar-refractivity contribution >= 4 is 22.8 Å². The number of alkyl halides is 6. The third kappa shape index (κ3) is 4.86. The molecule has 1 aliphatic heterocycles. The smallest absolute Gasteiger partial charge is 0.364 e. The number of rotatable bonds is 3. The van der Waals surface area contributed by atoms with Crippen LogP contribution < -0.4 is 5.32 Å². The standard InChI is InChI=1S/C22H18F6N4O/c1-12-2-4-16(22(26,27)28)15(8-12)20(33)32-7-6-14(11-32)30-19-10-29-18-9-13(21(23,24)25)3-5-17(18)31-19/h2-5,8-10,14H,6-7,11H2,1H3,(H,30,31)/t14-/m1/s1. The number of hydrogen-bond donors (Lipinski definition) is 1. The number of carbonyl (C=O) groups is 1. The first-order chi connectivity index (χ1) is 15.4. The highest BCUT2D eigenvalue weighted by atomic mass is 19.4. The third-order valence-electron chi connectivity index (χ3n) is 5.41. The molecule has 3 aromatic rings. The summed E-state index contributed by atoms with van der Waals surface area (Å²) in [5.74, 6) is -0.410. The minimum atomic E-state index is -4.65. The molecule has 0 radical (unpaired) electrons. The van der Waals surface area contributed by atoms with Gasteiger partial charge in [0.2, 0.25) is 0 Å². The maximum atomic E-state index is 13.3. The minimum Gasteiger partial charge on any atom is -0.364 e. The van der Waals surface area contributed by atoms with Crippen molar-refractivity contribution in [3.63, 3.8) is 0 Å².